The number of ketones is 1. The molecule has 0 aliphatic heterocycles. The fourth-order valence-corrected chi connectivity index (χ4v) is 3.58. The van der Waals surface area contributed by atoms with E-state index in [4.69, 9.17) is 23.2 Å². The minimum absolute atomic E-state index is 0.219. The summed E-state index contributed by atoms with van der Waals surface area (Å²) in [5, 5.41) is 1.21. The fraction of sp³-hybridized carbons (Fsp3) is 0.588. The van der Waals surface area contributed by atoms with Crippen LogP contribution in [-0.4, -0.2) is 5.78 Å². The van der Waals surface area contributed by atoms with E-state index < -0.39 is 0 Å². The Morgan fingerprint density at radius 3 is 2.40 bits per heavy atom. The minimum atomic E-state index is 0.219. The molecule has 0 heterocycles. The lowest BCUT2D eigenvalue weighted by atomic mass is 9.75. The largest absolute Gasteiger partial charge is 0.299 e. The van der Waals surface area contributed by atoms with Gasteiger partial charge in [-0.1, -0.05) is 43.1 Å². The number of carbonyl (C=O) groups is 1. The van der Waals surface area contributed by atoms with Crippen LogP contribution in [0.2, 0.25) is 10.0 Å². The topological polar surface area (TPSA) is 17.1 Å². The number of hydrogen-bond donors (Lipinski definition) is 0. The summed E-state index contributed by atoms with van der Waals surface area (Å²) >= 11 is 12.0. The fourth-order valence-electron chi connectivity index (χ4n) is 3.10. The lowest BCUT2D eigenvalue weighted by Crippen LogP contribution is -2.25. The Kier molecular flexibility index (Phi) is 5.51. The van der Waals surface area contributed by atoms with Gasteiger partial charge in [0.15, 0.2) is 0 Å². The number of rotatable bonds is 4. The summed E-state index contributed by atoms with van der Waals surface area (Å²) in [6.07, 6.45) is 4.87. The lowest BCUT2D eigenvalue weighted by molar-refractivity contribution is -0.123. The van der Waals surface area contributed by atoms with Gasteiger partial charge in [0.1, 0.15) is 5.78 Å². The third-order valence-electron chi connectivity index (χ3n) is 4.55. The average Bonchev–Trinajstić information content (AvgIpc) is 2.42. The molecule has 1 fully saturated rings. The van der Waals surface area contributed by atoms with E-state index in [-0.39, 0.29) is 5.92 Å². The van der Waals surface area contributed by atoms with Crippen LogP contribution in [0.4, 0.5) is 0 Å². The van der Waals surface area contributed by atoms with Gasteiger partial charge in [-0.2, -0.15) is 0 Å². The summed E-state index contributed by atoms with van der Waals surface area (Å²) in [7, 11) is 0. The first-order valence-corrected chi connectivity index (χ1v) is 8.19. The number of halogens is 2. The van der Waals surface area contributed by atoms with Gasteiger partial charge in [-0.05, 0) is 55.2 Å². The van der Waals surface area contributed by atoms with E-state index in [0.29, 0.717) is 22.2 Å². The zero-order valence-electron chi connectivity index (χ0n) is 12.2. The van der Waals surface area contributed by atoms with Crippen LogP contribution >= 0.6 is 23.2 Å². The lowest BCUT2D eigenvalue weighted by Gasteiger charge is -2.30. The molecule has 1 aliphatic carbocycles. The van der Waals surface area contributed by atoms with E-state index >= 15 is 0 Å². The summed E-state index contributed by atoms with van der Waals surface area (Å²) in [5.74, 6) is 2.07. The highest BCUT2D eigenvalue weighted by Crippen LogP contribution is 2.34. The smallest absolute Gasteiger partial charge is 0.140 e. The molecule has 3 heteroatoms. The van der Waals surface area contributed by atoms with E-state index in [9.17, 15) is 4.79 Å². The predicted octanol–water partition coefficient (Wildman–Crippen LogP) is 5.57. The van der Waals surface area contributed by atoms with Crippen LogP contribution in [0.3, 0.4) is 0 Å². The van der Waals surface area contributed by atoms with Crippen LogP contribution in [0.1, 0.15) is 45.1 Å². The number of carbonyl (C=O) groups excluding carboxylic acids is 1. The zero-order valence-corrected chi connectivity index (χ0v) is 13.7. The van der Waals surface area contributed by atoms with E-state index in [2.05, 4.69) is 13.8 Å². The Hall–Kier alpha value is -0.530. The first kappa shape index (κ1) is 15.9. The Morgan fingerprint density at radius 2 is 1.85 bits per heavy atom. The quantitative estimate of drug-likeness (QED) is 0.710. The molecule has 0 bridgehead atoms. The van der Waals surface area contributed by atoms with Crippen molar-refractivity contribution in [3.8, 4) is 0 Å². The SMILES string of the molecule is CC(C)C1CCC(C(=O)Cc2ccc(Cl)cc2Cl)CC1. The molecule has 0 N–H and O–H groups in total. The van der Waals surface area contributed by atoms with Crippen LogP contribution < -0.4 is 0 Å². The molecule has 1 aliphatic rings. The Morgan fingerprint density at radius 1 is 1.20 bits per heavy atom. The van der Waals surface area contributed by atoms with Crippen molar-refractivity contribution in [3.63, 3.8) is 0 Å². The maximum Gasteiger partial charge on any atom is 0.140 e. The highest BCUT2D eigenvalue weighted by atomic mass is 35.5. The van der Waals surface area contributed by atoms with E-state index in [1.807, 2.05) is 6.07 Å². The van der Waals surface area contributed by atoms with Gasteiger partial charge < -0.3 is 0 Å². The maximum absolute atomic E-state index is 12.4. The van der Waals surface area contributed by atoms with Gasteiger partial charge in [0.25, 0.3) is 0 Å². The van der Waals surface area contributed by atoms with Crippen LogP contribution in [0.15, 0.2) is 18.2 Å². The average molecular weight is 313 g/mol. The van der Waals surface area contributed by atoms with Crippen molar-refractivity contribution in [3.05, 3.63) is 33.8 Å². The molecule has 20 heavy (non-hydrogen) atoms. The molecular formula is C17H22Cl2O. The molecule has 1 saturated carbocycles. The minimum Gasteiger partial charge on any atom is -0.299 e. The third kappa shape index (κ3) is 3.99. The van der Waals surface area contributed by atoms with Crippen molar-refractivity contribution < 1.29 is 4.79 Å². The molecule has 0 radical (unpaired) electrons. The van der Waals surface area contributed by atoms with Crippen molar-refractivity contribution in [1.82, 2.24) is 0 Å². The molecule has 0 spiro atoms. The highest BCUT2D eigenvalue weighted by molar-refractivity contribution is 6.35. The summed E-state index contributed by atoms with van der Waals surface area (Å²) in [6, 6.07) is 5.37. The van der Waals surface area contributed by atoms with Crippen molar-refractivity contribution in [2.45, 2.75) is 46.0 Å². The van der Waals surface area contributed by atoms with Crippen molar-refractivity contribution >= 4 is 29.0 Å². The van der Waals surface area contributed by atoms with Gasteiger partial charge in [0.2, 0.25) is 0 Å². The van der Waals surface area contributed by atoms with E-state index in [1.54, 1.807) is 12.1 Å². The molecule has 1 aromatic rings. The second-order valence-corrected chi connectivity index (χ2v) is 7.08. The molecule has 0 saturated heterocycles. The second kappa shape index (κ2) is 6.95. The van der Waals surface area contributed by atoms with Crippen molar-refractivity contribution in [2.75, 3.05) is 0 Å². The van der Waals surface area contributed by atoms with Gasteiger partial charge in [-0.25, -0.2) is 0 Å². The number of Topliss-reactive ketones (excluding diaryl/α,β-unsaturated/α-hetero) is 1. The standard InChI is InChI=1S/C17H22Cl2O/c1-11(2)12-3-5-13(6-4-12)17(20)9-14-7-8-15(18)10-16(14)19/h7-8,10-13H,3-6,9H2,1-2H3. The Bertz CT molecular complexity index is 474. The van der Waals surface area contributed by atoms with Crippen molar-refractivity contribution in [2.24, 2.45) is 17.8 Å². The van der Waals surface area contributed by atoms with Crippen LogP contribution in [0.25, 0.3) is 0 Å². The zero-order chi connectivity index (χ0) is 14.7. The van der Waals surface area contributed by atoms with Crippen LogP contribution in [0, 0.1) is 17.8 Å². The molecule has 0 amide bonds. The first-order valence-electron chi connectivity index (χ1n) is 7.44. The monoisotopic (exact) mass is 312 g/mol. The summed E-state index contributed by atoms with van der Waals surface area (Å²) in [6.45, 7) is 4.56. The summed E-state index contributed by atoms with van der Waals surface area (Å²) in [4.78, 5) is 12.4. The van der Waals surface area contributed by atoms with Crippen molar-refractivity contribution in [1.29, 1.82) is 0 Å². The number of hydrogen-bond acceptors (Lipinski definition) is 1. The summed E-state index contributed by atoms with van der Waals surface area (Å²) < 4.78 is 0. The van der Waals surface area contributed by atoms with E-state index in [0.717, 1.165) is 30.2 Å². The molecular weight excluding hydrogens is 291 g/mol. The van der Waals surface area contributed by atoms with Gasteiger partial charge >= 0.3 is 0 Å². The van der Waals surface area contributed by atoms with Gasteiger partial charge in [0, 0.05) is 22.4 Å². The van der Waals surface area contributed by atoms with Gasteiger partial charge in [0.05, 0.1) is 0 Å². The molecule has 2 rings (SSSR count). The molecule has 0 atom stereocenters. The number of benzene rings is 1. The van der Waals surface area contributed by atoms with E-state index in [1.165, 1.54) is 12.8 Å². The summed E-state index contributed by atoms with van der Waals surface area (Å²) in [5.41, 5.74) is 0.895. The predicted molar refractivity (Wildman–Crippen MR) is 85.5 cm³/mol. The molecule has 110 valence electrons. The van der Waals surface area contributed by atoms with Crippen LogP contribution in [0.5, 0.6) is 0 Å². The molecule has 0 aromatic heterocycles. The van der Waals surface area contributed by atoms with Gasteiger partial charge in [-0.3, -0.25) is 4.79 Å². The molecule has 1 aromatic carbocycles. The van der Waals surface area contributed by atoms with Gasteiger partial charge in [-0.15, -0.1) is 0 Å². The Balaban J connectivity index is 1.93. The third-order valence-corrected chi connectivity index (χ3v) is 5.14. The van der Waals surface area contributed by atoms with Crippen LogP contribution in [-0.2, 0) is 11.2 Å². The molecule has 0 unspecified atom stereocenters. The first-order chi connectivity index (χ1) is 9.47. The normalized spacial score (nSPS) is 23.1. The highest BCUT2D eigenvalue weighted by Gasteiger charge is 2.27. The Labute approximate surface area is 131 Å². The maximum atomic E-state index is 12.4. The molecule has 1 nitrogen and oxygen atoms in total. The second-order valence-electron chi connectivity index (χ2n) is 6.23.